The fraction of sp³-hybridized carbons (Fsp3) is 0.364. The van der Waals surface area contributed by atoms with Crippen LogP contribution in [0.2, 0.25) is 0 Å². The summed E-state index contributed by atoms with van der Waals surface area (Å²) in [6.45, 7) is -0.0858. The Balaban J connectivity index is 2.63. The highest BCUT2D eigenvalue weighted by Crippen LogP contribution is 2.10. The average molecular weight is 242 g/mol. The first-order valence-electron chi connectivity index (χ1n) is 5.12. The van der Waals surface area contributed by atoms with Crippen LogP contribution in [-0.2, 0) is 6.54 Å². The van der Waals surface area contributed by atoms with Crippen molar-refractivity contribution in [2.75, 3.05) is 13.2 Å². The number of carbonyl (C=O) groups is 1. The number of aliphatic hydroxyl groups is 2. The molecule has 94 valence electrons. The van der Waals surface area contributed by atoms with Gasteiger partial charge in [0.15, 0.2) is 0 Å². The number of primary amides is 1. The minimum Gasteiger partial charge on any atom is -0.394 e. The summed E-state index contributed by atoms with van der Waals surface area (Å²) in [6.07, 6.45) is -0.891. The third-order valence-corrected chi connectivity index (χ3v) is 2.24. The molecule has 1 aromatic rings. The van der Waals surface area contributed by atoms with Crippen molar-refractivity contribution < 1.29 is 19.4 Å². The van der Waals surface area contributed by atoms with Crippen LogP contribution >= 0.6 is 0 Å². The highest BCUT2D eigenvalue weighted by atomic mass is 19.1. The number of nitrogens with two attached hydrogens (primary N) is 1. The zero-order chi connectivity index (χ0) is 12.8. The highest BCUT2D eigenvalue weighted by Gasteiger charge is 2.07. The Labute approximate surface area is 98.1 Å². The summed E-state index contributed by atoms with van der Waals surface area (Å²) in [5.74, 6) is -1.08. The second kappa shape index (κ2) is 6.29. The molecule has 1 aromatic carbocycles. The summed E-state index contributed by atoms with van der Waals surface area (Å²) < 4.78 is 13.3. The third kappa shape index (κ3) is 4.10. The van der Waals surface area contributed by atoms with Gasteiger partial charge in [-0.05, 0) is 18.2 Å². The van der Waals surface area contributed by atoms with Crippen molar-refractivity contribution >= 4 is 5.91 Å². The van der Waals surface area contributed by atoms with Crippen LogP contribution in [0.15, 0.2) is 18.2 Å². The number of amides is 1. The molecule has 1 rings (SSSR count). The predicted molar refractivity (Wildman–Crippen MR) is 59.7 cm³/mol. The van der Waals surface area contributed by atoms with Gasteiger partial charge in [0, 0.05) is 24.2 Å². The molecule has 0 saturated heterocycles. The molecule has 0 saturated carbocycles. The van der Waals surface area contributed by atoms with E-state index in [2.05, 4.69) is 5.32 Å². The lowest BCUT2D eigenvalue weighted by Gasteiger charge is -2.10. The van der Waals surface area contributed by atoms with Crippen LogP contribution in [0.25, 0.3) is 0 Å². The third-order valence-electron chi connectivity index (χ3n) is 2.24. The van der Waals surface area contributed by atoms with Gasteiger partial charge in [0.25, 0.3) is 0 Å². The lowest BCUT2D eigenvalue weighted by atomic mass is 10.1. The van der Waals surface area contributed by atoms with Crippen molar-refractivity contribution in [1.29, 1.82) is 0 Å². The van der Waals surface area contributed by atoms with Gasteiger partial charge in [-0.15, -0.1) is 0 Å². The van der Waals surface area contributed by atoms with E-state index >= 15 is 0 Å². The first-order valence-corrected chi connectivity index (χ1v) is 5.12. The van der Waals surface area contributed by atoms with Crippen molar-refractivity contribution in [3.63, 3.8) is 0 Å². The Kier molecular flexibility index (Phi) is 5.02. The molecule has 5 N–H and O–H groups in total. The van der Waals surface area contributed by atoms with Crippen molar-refractivity contribution in [2.45, 2.75) is 12.6 Å². The second-order valence-corrected chi connectivity index (χ2v) is 3.64. The van der Waals surface area contributed by atoms with E-state index < -0.39 is 17.8 Å². The molecule has 0 aliphatic rings. The lowest BCUT2D eigenvalue weighted by Crippen LogP contribution is -2.29. The summed E-state index contributed by atoms with van der Waals surface area (Å²) in [6, 6.07) is 3.83. The Hall–Kier alpha value is -1.50. The molecule has 1 amide bonds. The number of hydrogen-bond acceptors (Lipinski definition) is 4. The van der Waals surface area contributed by atoms with E-state index in [1.54, 1.807) is 0 Å². The monoisotopic (exact) mass is 242 g/mol. The Morgan fingerprint density at radius 1 is 1.53 bits per heavy atom. The molecule has 0 radical (unpaired) electrons. The molecule has 0 spiro atoms. The molecule has 6 heteroatoms. The summed E-state index contributed by atoms with van der Waals surface area (Å²) in [5.41, 5.74) is 5.59. The van der Waals surface area contributed by atoms with Gasteiger partial charge in [0.1, 0.15) is 5.82 Å². The molecule has 1 atom stereocenters. The fourth-order valence-corrected chi connectivity index (χ4v) is 1.30. The first kappa shape index (κ1) is 13.6. The number of benzene rings is 1. The highest BCUT2D eigenvalue weighted by molar-refractivity contribution is 5.92. The normalized spacial score (nSPS) is 12.4. The van der Waals surface area contributed by atoms with Gasteiger partial charge in [-0.25, -0.2) is 4.39 Å². The molecule has 0 aromatic heterocycles. The van der Waals surface area contributed by atoms with Gasteiger partial charge in [-0.1, -0.05) is 0 Å². The topological polar surface area (TPSA) is 95.6 Å². The van der Waals surface area contributed by atoms with Gasteiger partial charge in [0.2, 0.25) is 5.91 Å². The minimum atomic E-state index is -0.891. The lowest BCUT2D eigenvalue weighted by molar-refractivity contribution is 0.0941. The molecular formula is C11H15FN2O3. The SMILES string of the molecule is NC(=O)c1ccc(F)c(CNCC(O)CO)c1. The molecule has 0 aliphatic carbocycles. The van der Waals surface area contributed by atoms with E-state index in [1.165, 1.54) is 18.2 Å². The molecule has 0 heterocycles. The van der Waals surface area contributed by atoms with Crippen LogP contribution in [0.5, 0.6) is 0 Å². The molecule has 5 nitrogen and oxygen atoms in total. The summed E-state index contributed by atoms with van der Waals surface area (Å²) in [7, 11) is 0. The van der Waals surface area contributed by atoms with Crippen LogP contribution in [0.1, 0.15) is 15.9 Å². The van der Waals surface area contributed by atoms with Gasteiger partial charge in [0.05, 0.1) is 12.7 Å². The van der Waals surface area contributed by atoms with E-state index in [-0.39, 0.29) is 30.8 Å². The van der Waals surface area contributed by atoms with Gasteiger partial charge in [-0.2, -0.15) is 0 Å². The number of hydrogen-bond donors (Lipinski definition) is 4. The molecule has 17 heavy (non-hydrogen) atoms. The zero-order valence-electron chi connectivity index (χ0n) is 9.19. The van der Waals surface area contributed by atoms with Crippen molar-refractivity contribution in [3.05, 3.63) is 35.1 Å². The smallest absolute Gasteiger partial charge is 0.248 e. The summed E-state index contributed by atoms with van der Waals surface area (Å²) in [5, 5.41) is 20.4. The fourth-order valence-electron chi connectivity index (χ4n) is 1.30. The van der Waals surface area contributed by atoms with Crippen molar-refractivity contribution in [3.8, 4) is 0 Å². The Morgan fingerprint density at radius 3 is 2.82 bits per heavy atom. The number of nitrogens with one attached hydrogen (secondary N) is 1. The number of halogens is 1. The molecule has 0 aliphatic heterocycles. The molecule has 1 unspecified atom stereocenters. The maximum absolute atomic E-state index is 13.3. The van der Waals surface area contributed by atoms with Crippen LogP contribution in [0, 0.1) is 5.82 Å². The summed E-state index contributed by atoms with van der Waals surface area (Å²) >= 11 is 0. The average Bonchev–Trinajstić information content (AvgIpc) is 2.30. The Morgan fingerprint density at radius 2 is 2.24 bits per heavy atom. The van der Waals surface area contributed by atoms with Gasteiger partial charge in [-0.3, -0.25) is 4.79 Å². The van der Waals surface area contributed by atoms with E-state index in [0.717, 1.165) is 0 Å². The largest absolute Gasteiger partial charge is 0.394 e. The molecule has 0 fully saturated rings. The zero-order valence-corrected chi connectivity index (χ0v) is 9.19. The van der Waals surface area contributed by atoms with Gasteiger partial charge < -0.3 is 21.3 Å². The van der Waals surface area contributed by atoms with Crippen LogP contribution < -0.4 is 11.1 Å². The van der Waals surface area contributed by atoms with E-state index in [0.29, 0.717) is 0 Å². The number of aliphatic hydroxyl groups excluding tert-OH is 2. The van der Waals surface area contributed by atoms with Gasteiger partial charge >= 0.3 is 0 Å². The number of carbonyl (C=O) groups excluding carboxylic acids is 1. The van der Waals surface area contributed by atoms with Crippen molar-refractivity contribution in [1.82, 2.24) is 5.32 Å². The standard InChI is InChI=1S/C11H15FN2O3/c12-10-2-1-7(11(13)17)3-8(10)4-14-5-9(16)6-15/h1-3,9,14-16H,4-6H2,(H2,13,17). The molecule has 0 bridgehead atoms. The maximum Gasteiger partial charge on any atom is 0.248 e. The quantitative estimate of drug-likeness (QED) is 0.534. The summed E-state index contributed by atoms with van der Waals surface area (Å²) in [4.78, 5) is 10.9. The second-order valence-electron chi connectivity index (χ2n) is 3.64. The van der Waals surface area contributed by atoms with E-state index in [9.17, 15) is 9.18 Å². The van der Waals surface area contributed by atoms with E-state index in [4.69, 9.17) is 15.9 Å². The van der Waals surface area contributed by atoms with E-state index in [1.807, 2.05) is 0 Å². The first-order chi connectivity index (χ1) is 8.04. The van der Waals surface area contributed by atoms with Crippen LogP contribution in [0.3, 0.4) is 0 Å². The predicted octanol–water partition coefficient (Wildman–Crippen LogP) is -0.633. The van der Waals surface area contributed by atoms with Crippen LogP contribution in [-0.4, -0.2) is 35.4 Å². The number of rotatable bonds is 6. The van der Waals surface area contributed by atoms with Crippen LogP contribution in [0.4, 0.5) is 4.39 Å². The maximum atomic E-state index is 13.3. The molecular weight excluding hydrogens is 227 g/mol. The van der Waals surface area contributed by atoms with Crippen molar-refractivity contribution in [2.24, 2.45) is 5.73 Å². The Bertz CT molecular complexity index is 398. The minimum absolute atomic E-state index is 0.136.